The van der Waals surface area contributed by atoms with E-state index in [1.807, 2.05) is 34.6 Å². The maximum Gasteiger partial charge on any atom is 0.128 e. The van der Waals surface area contributed by atoms with Crippen LogP contribution in [0.2, 0.25) is 0 Å². The molecule has 0 saturated carbocycles. The van der Waals surface area contributed by atoms with E-state index in [9.17, 15) is 4.21 Å². The van der Waals surface area contributed by atoms with E-state index in [2.05, 4.69) is 9.88 Å². The SMILES string of the molecule is CC[C@@H](N[S@@](=O)C(C)(C)C)c1conc1C. The lowest BCUT2D eigenvalue weighted by atomic mass is 10.1. The fourth-order valence-corrected chi connectivity index (χ4v) is 2.21. The summed E-state index contributed by atoms with van der Waals surface area (Å²) in [7, 11) is -1.08. The van der Waals surface area contributed by atoms with Gasteiger partial charge in [-0.3, -0.25) is 0 Å². The Labute approximate surface area is 99.4 Å². The standard InChI is InChI=1S/C11H20N2O2S/c1-6-10(9-7-15-12-8(9)2)13-16(14)11(3,4)5/h7,10,13H,6H2,1-5H3/t10-,16+/m1/s1. The zero-order valence-electron chi connectivity index (χ0n) is 10.5. The molecule has 1 N–H and O–H groups in total. The van der Waals surface area contributed by atoms with Crippen molar-refractivity contribution in [1.82, 2.24) is 9.88 Å². The van der Waals surface area contributed by atoms with Crippen LogP contribution in [0.3, 0.4) is 0 Å². The van der Waals surface area contributed by atoms with Gasteiger partial charge in [-0.1, -0.05) is 12.1 Å². The first kappa shape index (κ1) is 13.4. The Kier molecular flexibility index (Phi) is 4.27. The third kappa shape index (κ3) is 3.15. The normalized spacial score (nSPS) is 16.1. The first-order valence-corrected chi connectivity index (χ1v) is 6.60. The number of nitrogens with zero attached hydrogens (tertiary/aromatic N) is 1. The van der Waals surface area contributed by atoms with Gasteiger partial charge in [0.2, 0.25) is 0 Å². The number of nitrogens with one attached hydrogen (secondary N) is 1. The molecule has 1 rings (SSSR count). The van der Waals surface area contributed by atoms with E-state index in [-0.39, 0.29) is 10.8 Å². The van der Waals surface area contributed by atoms with Crippen molar-refractivity contribution in [2.24, 2.45) is 0 Å². The largest absolute Gasteiger partial charge is 0.364 e. The van der Waals surface area contributed by atoms with Crippen LogP contribution in [0.1, 0.15) is 51.4 Å². The zero-order valence-corrected chi connectivity index (χ0v) is 11.4. The van der Waals surface area contributed by atoms with Crippen LogP contribution < -0.4 is 4.72 Å². The topological polar surface area (TPSA) is 55.1 Å². The van der Waals surface area contributed by atoms with Crippen molar-refractivity contribution < 1.29 is 8.73 Å². The molecule has 4 nitrogen and oxygen atoms in total. The van der Waals surface area contributed by atoms with Crippen molar-refractivity contribution in [3.05, 3.63) is 17.5 Å². The van der Waals surface area contributed by atoms with Gasteiger partial charge in [-0.25, -0.2) is 8.93 Å². The third-order valence-corrected chi connectivity index (χ3v) is 3.99. The van der Waals surface area contributed by atoms with Crippen LogP contribution in [0.25, 0.3) is 0 Å². The molecule has 0 spiro atoms. The highest BCUT2D eigenvalue weighted by molar-refractivity contribution is 7.84. The summed E-state index contributed by atoms with van der Waals surface area (Å²) in [5.74, 6) is 0. The van der Waals surface area contributed by atoms with Gasteiger partial charge in [0, 0.05) is 11.6 Å². The predicted octanol–water partition coefficient (Wildman–Crippen LogP) is 2.49. The van der Waals surface area contributed by atoms with Crippen LogP contribution in [0.4, 0.5) is 0 Å². The lowest BCUT2D eigenvalue weighted by Gasteiger charge is -2.22. The highest BCUT2D eigenvalue weighted by atomic mass is 32.2. The molecule has 1 aromatic rings. The Morgan fingerprint density at radius 2 is 2.19 bits per heavy atom. The van der Waals surface area contributed by atoms with Crippen molar-refractivity contribution in [3.63, 3.8) is 0 Å². The van der Waals surface area contributed by atoms with Crippen LogP contribution in [0.15, 0.2) is 10.8 Å². The third-order valence-electron chi connectivity index (χ3n) is 2.38. The van der Waals surface area contributed by atoms with Gasteiger partial charge >= 0.3 is 0 Å². The lowest BCUT2D eigenvalue weighted by Crippen LogP contribution is -2.35. The molecule has 0 amide bonds. The van der Waals surface area contributed by atoms with Crippen molar-refractivity contribution in [3.8, 4) is 0 Å². The lowest BCUT2D eigenvalue weighted by molar-refractivity contribution is 0.413. The van der Waals surface area contributed by atoms with E-state index < -0.39 is 11.0 Å². The van der Waals surface area contributed by atoms with Crippen LogP contribution in [-0.2, 0) is 11.0 Å². The summed E-state index contributed by atoms with van der Waals surface area (Å²) in [6.07, 6.45) is 2.47. The Hall–Kier alpha value is -0.680. The van der Waals surface area contributed by atoms with Crippen molar-refractivity contribution >= 4 is 11.0 Å². The van der Waals surface area contributed by atoms with Crippen LogP contribution >= 0.6 is 0 Å². The Morgan fingerprint density at radius 1 is 1.56 bits per heavy atom. The Morgan fingerprint density at radius 3 is 2.56 bits per heavy atom. The fraction of sp³-hybridized carbons (Fsp3) is 0.727. The molecule has 92 valence electrons. The molecule has 0 aliphatic rings. The molecule has 2 atom stereocenters. The smallest absolute Gasteiger partial charge is 0.128 e. The highest BCUT2D eigenvalue weighted by Gasteiger charge is 2.24. The average Bonchev–Trinajstić information content (AvgIpc) is 2.59. The molecule has 1 heterocycles. The summed E-state index contributed by atoms with van der Waals surface area (Å²) in [5.41, 5.74) is 1.84. The Balaban J connectivity index is 2.78. The molecule has 0 unspecified atom stereocenters. The molecule has 16 heavy (non-hydrogen) atoms. The number of hydrogen-bond donors (Lipinski definition) is 1. The van der Waals surface area contributed by atoms with Gasteiger partial charge in [0.1, 0.15) is 6.26 Å². The van der Waals surface area contributed by atoms with Crippen molar-refractivity contribution in [2.45, 2.75) is 51.8 Å². The Bertz CT molecular complexity index is 368. The molecule has 0 saturated heterocycles. The van der Waals surface area contributed by atoms with Crippen LogP contribution in [0, 0.1) is 6.92 Å². The van der Waals surface area contributed by atoms with Gasteiger partial charge in [0.05, 0.1) is 21.4 Å². The molecular weight excluding hydrogens is 224 g/mol. The zero-order chi connectivity index (χ0) is 12.3. The van der Waals surface area contributed by atoms with E-state index >= 15 is 0 Å². The minimum Gasteiger partial charge on any atom is -0.364 e. The second kappa shape index (κ2) is 5.10. The number of rotatable bonds is 4. The van der Waals surface area contributed by atoms with E-state index in [1.165, 1.54) is 0 Å². The minimum atomic E-state index is -1.08. The van der Waals surface area contributed by atoms with Gasteiger partial charge in [0.15, 0.2) is 0 Å². The fourth-order valence-electron chi connectivity index (χ4n) is 1.31. The van der Waals surface area contributed by atoms with E-state index in [0.29, 0.717) is 0 Å². The van der Waals surface area contributed by atoms with Crippen molar-refractivity contribution in [1.29, 1.82) is 0 Å². The minimum absolute atomic E-state index is 0.0336. The highest BCUT2D eigenvalue weighted by Crippen LogP contribution is 2.22. The molecule has 0 bridgehead atoms. The van der Waals surface area contributed by atoms with Gasteiger partial charge in [-0.15, -0.1) is 0 Å². The summed E-state index contributed by atoms with van der Waals surface area (Å²) in [6.45, 7) is 9.78. The van der Waals surface area contributed by atoms with Crippen LogP contribution in [-0.4, -0.2) is 14.1 Å². The van der Waals surface area contributed by atoms with Gasteiger partial charge in [0.25, 0.3) is 0 Å². The first-order chi connectivity index (χ1) is 7.36. The van der Waals surface area contributed by atoms with E-state index in [1.54, 1.807) is 6.26 Å². The van der Waals surface area contributed by atoms with Crippen LogP contribution in [0.5, 0.6) is 0 Å². The molecule has 0 aliphatic carbocycles. The monoisotopic (exact) mass is 244 g/mol. The van der Waals surface area contributed by atoms with Gasteiger partial charge in [-0.2, -0.15) is 0 Å². The number of aromatic nitrogens is 1. The van der Waals surface area contributed by atoms with E-state index in [0.717, 1.165) is 17.7 Å². The molecule has 0 radical (unpaired) electrons. The number of hydrogen-bond acceptors (Lipinski definition) is 3. The summed E-state index contributed by atoms with van der Waals surface area (Å²) >= 11 is 0. The average molecular weight is 244 g/mol. The summed E-state index contributed by atoms with van der Waals surface area (Å²) in [5, 5.41) is 3.84. The second-order valence-electron chi connectivity index (χ2n) is 4.82. The van der Waals surface area contributed by atoms with Crippen molar-refractivity contribution in [2.75, 3.05) is 0 Å². The number of aryl methyl sites for hydroxylation is 1. The maximum atomic E-state index is 12.0. The molecule has 0 aliphatic heterocycles. The maximum absolute atomic E-state index is 12.0. The molecule has 0 fully saturated rings. The second-order valence-corrected chi connectivity index (χ2v) is 6.81. The van der Waals surface area contributed by atoms with Gasteiger partial charge in [-0.05, 0) is 34.1 Å². The summed E-state index contributed by atoms with van der Waals surface area (Å²) in [4.78, 5) is 0. The van der Waals surface area contributed by atoms with E-state index in [4.69, 9.17) is 4.52 Å². The summed E-state index contributed by atoms with van der Waals surface area (Å²) < 4.78 is 19.8. The quantitative estimate of drug-likeness (QED) is 0.885. The summed E-state index contributed by atoms with van der Waals surface area (Å²) in [6, 6.07) is 0.0336. The molecule has 5 heteroatoms. The molecule has 0 aromatic carbocycles. The molecule has 1 aromatic heterocycles. The van der Waals surface area contributed by atoms with Gasteiger partial charge < -0.3 is 4.52 Å². The first-order valence-electron chi connectivity index (χ1n) is 5.45. The molecular formula is C11H20N2O2S. The predicted molar refractivity (Wildman–Crippen MR) is 65.3 cm³/mol.